The number of hydrogen-bond acceptors (Lipinski definition) is 5. The minimum absolute atomic E-state index is 0.165. The van der Waals surface area contributed by atoms with Gasteiger partial charge < -0.3 is 20.5 Å². The van der Waals surface area contributed by atoms with E-state index in [2.05, 4.69) is 10.3 Å². The smallest absolute Gasteiger partial charge is 0.251 e. The van der Waals surface area contributed by atoms with E-state index in [-0.39, 0.29) is 5.91 Å². The van der Waals surface area contributed by atoms with Crippen LogP contribution in [0, 0.1) is 6.92 Å². The number of carbonyl (C=O) groups is 1. The summed E-state index contributed by atoms with van der Waals surface area (Å²) in [5.41, 5.74) is 11.1. The molecule has 0 unspecified atom stereocenters. The number of nitrogens with zero attached hydrogens (tertiary/aromatic N) is 1. The highest BCUT2D eigenvalue weighted by Gasteiger charge is 2.11. The van der Waals surface area contributed by atoms with Gasteiger partial charge in [-0.25, -0.2) is 0 Å². The number of rotatable bonds is 7. The molecule has 3 aromatic rings. The van der Waals surface area contributed by atoms with Crippen molar-refractivity contribution in [1.29, 1.82) is 0 Å². The molecule has 3 rings (SSSR count). The van der Waals surface area contributed by atoms with Crippen LogP contribution in [-0.4, -0.2) is 25.1 Å². The van der Waals surface area contributed by atoms with Crippen LogP contribution in [0.4, 0.5) is 0 Å². The van der Waals surface area contributed by atoms with Crippen molar-refractivity contribution in [3.05, 3.63) is 77.1 Å². The van der Waals surface area contributed by atoms with Crippen molar-refractivity contribution in [2.45, 2.75) is 20.0 Å². The molecule has 0 bridgehead atoms. The minimum Gasteiger partial charge on any atom is -0.493 e. The fraction of sp³-hybridized carbons (Fsp3) is 0.217. The largest absolute Gasteiger partial charge is 0.493 e. The van der Waals surface area contributed by atoms with Crippen LogP contribution < -0.4 is 20.5 Å². The van der Waals surface area contributed by atoms with Gasteiger partial charge in [-0.1, -0.05) is 6.07 Å². The summed E-state index contributed by atoms with van der Waals surface area (Å²) in [6.45, 7) is 2.66. The highest BCUT2D eigenvalue weighted by atomic mass is 16.5. The number of carbonyl (C=O) groups excluding carboxylic acids is 1. The van der Waals surface area contributed by atoms with Crippen LogP contribution in [-0.2, 0) is 13.1 Å². The number of hydrogen-bond donors (Lipinski definition) is 2. The van der Waals surface area contributed by atoms with Gasteiger partial charge >= 0.3 is 0 Å². The number of aryl methyl sites for hydroxylation is 1. The van der Waals surface area contributed by atoms with Crippen molar-refractivity contribution in [2.24, 2.45) is 5.73 Å². The molecule has 0 aliphatic rings. The average Bonchev–Trinajstić information content (AvgIpc) is 2.76. The molecule has 0 spiro atoms. The van der Waals surface area contributed by atoms with Gasteiger partial charge in [0.05, 0.1) is 14.2 Å². The van der Waals surface area contributed by atoms with E-state index in [1.807, 2.05) is 55.5 Å². The molecule has 6 heteroatoms. The fourth-order valence-electron chi connectivity index (χ4n) is 3.11. The highest BCUT2D eigenvalue weighted by molar-refractivity contribution is 5.95. The maximum Gasteiger partial charge on any atom is 0.251 e. The van der Waals surface area contributed by atoms with Crippen molar-refractivity contribution in [2.75, 3.05) is 14.2 Å². The van der Waals surface area contributed by atoms with Gasteiger partial charge in [0.25, 0.3) is 5.91 Å². The number of nitrogens with two attached hydrogens (primary N) is 1. The summed E-state index contributed by atoms with van der Waals surface area (Å²) < 4.78 is 10.6. The van der Waals surface area contributed by atoms with Crippen LogP contribution in [0.2, 0.25) is 0 Å². The summed E-state index contributed by atoms with van der Waals surface area (Å²) in [5, 5.41) is 2.96. The number of benzene rings is 2. The van der Waals surface area contributed by atoms with E-state index in [0.717, 1.165) is 27.9 Å². The second-order valence-electron chi connectivity index (χ2n) is 6.68. The third-order valence-corrected chi connectivity index (χ3v) is 4.62. The molecule has 1 aromatic heterocycles. The van der Waals surface area contributed by atoms with E-state index < -0.39 is 0 Å². The Bertz CT molecular complexity index is 1020. The second kappa shape index (κ2) is 9.21. The molecule has 1 amide bonds. The Balaban J connectivity index is 1.81. The molecule has 0 saturated carbocycles. The summed E-state index contributed by atoms with van der Waals surface area (Å²) in [7, 11) is 3.17. The van der Waals surface area contributed by atoms with E-state index in [1.54, 1.807) is 20.4 Å². The van der Waals surface area contributed by atoms with Gasteiger partial charge in [-0.15, -0.1) is 0 Å². The molecule has 29 heavy (non-hydrogen) atoms. The van der Waals surface area contributed by atoms with Gasteiger partial charge in [-0.3, -0.25) is 9.78 Å². The number of aromatic nitrogens is 1. The Morgan fingerprint density at radius 2 is 1.76 bits per heavy atom. The predicted octanol–water partition coefficient (Wildman–Crippen LogP) is 3.46. The Kier molecular flexibility index (Phi) is 6.46. The molecule has 0 atom stereocenters. The van der Waals surface area contributed by atoms with Gasteiger partial charge in [0.1, 0.15) is 0 Å². The van der Waals surface area contributed by atoms with Crippen LogP contribution in [0.1, 0.15) is 27.2 Å². The average molecular weight is 391 g/mol. The van der Waals surface area contributed by atoms with E-state index >= 15 is 0 Å². The van der Waals surface area contributed by atoms with E-state index in [0.29, 0.717) is 30.2 Å². The zero-order chi connectivity index (χ0) is 20.8. The Morgan fingerprint density at radius 3 is 2.45 bits per heavy atom. The Morgan fingerprint density at radius 1 is 0.966 bits per heavy atom. The lowest BCUT2D eigenvalue weighted by atomic mass is 9.99. The van der Waals surface area contributed by atoms with Crippen LogP contribution in [0.5, 0.6) is 11.5 Å². The van der Waals surface area contributed by atoms with Crippen molar-refractivity contribution in [3.8, 4) is 22.6 Å². The van der Waals surface area contributed by atoms with Crippen LogP contribution in [0.25, 0.3) is 11.1 Å². The molecule has 0 fully saturated rings. The molecule has 0 aliphatic carbocycles. The SMILES string of the molecule is COc1ccc(CNC(=O)c2cc(CN)cc(-c3ccnc(C)c3)c2)cc1OC. The molecule has 150 valence electrons. The quantitative estimate of drug-likeness (QED) is 0.644. The third-order valence-electron chi connectivity index (χ3n) is 4.62. The predicted molar refractivity (Wildman–Crippen MR) is 113 cm³/mol. The topological polar surface area (TPSA) is 86.5 Å². The lowest BCUT2D eigenvalue weighted by Gasteiger charge is -2.12. The van der Waals surface area contributed by atoms with Crippen molar-refractivity contribution in [3.63, 3.8) is 0 Å². The van der Waals surface area contributed by atoms with Gasteiger partial charge in [0.15, 0.2) is 11.5 Å². The van der Waals surface area contributed by atoms with Crippen molar-refractivity contribution < 1.29 is 14.3 Å². The third kappa shape index (κ3) is 4.92. The first kappa shape index (κ1) is 20.4. The number of ether oxygens (including phenoxy) is 2. The molecule has 0 saturated heterocycles. The van der Waals surface area contributed by atoms with Crippen LogP contribution in [0.3, 0.4) is 0 Å². The maximum atomic E-state index is 12.8. The summed E-state index contributed by atoms with van der Waals surface area (Å²) in [5.74, 6) is 1.11. The Hall–Kier alpha value is -3.38. The van der Waals surface area contributed by atoms with Crippen molar-refractivity contribution in [1.82, 2.24) is 10.3 Å². The summed E-state index contributed by atoms with van der Waals surface area (Å²) in [6, 6.07) is 15.2. The van der Waals surface area contributed by atoms with Crippen LogP contribution in [0.15, 0.2) is 54.7 Å². The van der Waals surface area contributed by atoms with Gasteiger partial charge in [0.2, 0.25) is 0 Å². The molecular weight excluding hydrogens is 366 g/mol. The normalized spacial score (nSPS) is 10.5. The first-order valence-electron chi connectivity index (χ1n) is 9.30. The number of methoxy groups -OCH3 is 2. The second-order valence-corrected chi connectivity index (χ2v) is 6.68. The zero-order valence-electron chi connectivity index (χ0n) is 16.9. The van der Waals surface area contributed by atoms with Gasteiger partial charge in [-0.2, -0.15) is 0 Å². The summed E-state index contributed by atoms with van der Waals surface area (Å²) >= 11 is 0. The van der Waals surface area contributed by atoms with Gasteiger partial charge in [0, 0.05) is 30.5 Å². The minimum atomic E-state index is -0.165. The summed E-state index contributed by atoms with van der Waals surface area (Å²) in [4.78, 5) is 17.0. The first-order chi connectivity index (χ1) is 14.0. The monoisotopic (exact) mass is 391 g/mol. The van der Waals surface area contributed by atoms with E-state index in [9.17, 15) is 4.79 Å². The molecule has 1 heterocycles. The summed E-state index contributed by atoms with van der Waals surface area (Å²) in [6.07, 6.45) is 1.76. The van der Waals surface area contributed by atoms with Gasteiger partial charge in [-0.05, 0) is 71.6 Å². The molecule has 6 nitrogen and oxygen atoms in total. The van der Waals surface area contributed by atoms with E-state index in [4.69, 9.17) is 15.2 Å². The highest BCUT2D eigenvalue weighted by Crippen LogP contribution is 2.27. The maximum absolute atomic E-state index is 12.8. The standard InChI is InChI=1S/C23H25N3O3/c1-15-8-18(6-7-25-15)19-9-17(13-24)10-20(12-19)23(27)26-14-16-4-5-21(28-2)22(11-16)29-3/h4-12H,13-14,24H2,1-3H3,(H,26,27). The first-order valence-corrected chi connectivity index (χ1v) is 9.30. The molecular formula is C23H25N3O3. The lowest BCUT2D eigenvalue weighted by molar-refractivity contribution is 0.0951. The lowest BCUT2D eigenvalue weighted by Crippen LogP contribution is -2.23. The molecule has 3 N–H and O–H groups in total. The zero-order valence-corrected chi connectivity index (χ0v) is 16.9. The molecule has 2 aromatic carbocycles. The molecule has 0 aliphatic heterocycles. The number of nitrogens with one attached hydrogen (secondary N) is 1. The Labute approximate surface area is 170 Å². The number of pyridine rings is 1. The van der Waals surface area contributed by atoms with Crippen molar-refractivity contribution >= 4 is 5.91 Å². The van der Waals surface area contributed by atoms with E-state index in [1.165, 1.54) is 0 Å². The number of amides is 1. The molecule has 0 radical (unpaired) electrons. The fourth-order valence-corrected chi connectivity index (χ4v) is 3.11. The van der Waals surface area contributed by atoms with Crippen LogP contribution >= 0.6 is 0 Å².